The summed E-state index contributed by atoms with van der Waals surface area (Å²) in [6, 6.07) is 0.445. The smallest absolute Gasteiger partial charge is 0.323 e. The normalized spacial score (nSPS) is 11.6. The Labute approximate surface area is 145 Å². The van der Waals surface area contributed by atoms with Crippen LogP contribution in [0, 0.1) is 0 Å². The number of pyridine rings is 1. The van der Waals surface area contributed by atoms with Gasteiger partial charge in [-0.1, -0.05) is 11.6 Å². The zero-order valence-electron chi connectivity index (χ0n) is 12.7. The zero-order chi connectivity index (χ0) is 17.9. The predicted molar refractivity (Wildman–Crippen MR) is 82.1 cm³/mol. The maximum absolute atomic E-state index is 12.6. The maximum atomic E-state index is 12.6. The Morgan fingerprint density at radius 2 is 2.00 bits per heavy atom. The molecule has 1 amide bonds. The van der Waals surface area contributed by atoms with Gasteiger partial charge in [0.1, 0.15) is 11.4 Å². The molecule has 11 heteroatoms. The Bertz CT molecular complexity index is 733. The second-order valence-electron chi connectivity index (χ2n) is 4.54. The van der Waals surface area contributed by atoms with E-state index in [4.69, 9.17) is 11.6 Å². The monoisotopic (exact) mass is 379 g/mol. The van der Waals surface area contributed by atoms with Gasteiger partial charge in [0.15, 0.2) is 0 Å². The summed E-state index contributed by atoms with van der Waals surface area (Å²) >= 11 is 6.70. The number of hydrogen-bond donors (Lipinski definition) is 0. The summed E-state index contributed by atoms with van der Waals surface area (Å²) < 4.78 is 38.8. The van der Waals surface area contributed by atoms with Crippen molar-refractivity contribution in [2.75, 3.05) is 13.1 Å². The van der Waals surface area contributed by atoms with Crippen LogP contribution in [0.2, 0.25) is 5.02 Å². The van der Waals surface area contributed by atoms with Crippen molar-refractivity contribution in [3.05, 3.63) is 29.2 Å². The van der Waals surface area contributed by atoms with Crippen molar-refractivity contribution in [1.82, 2.24) is 24.6 Å². The molecule has 2 heterocycles. The molecule has 0 aliphatic heterocycles. The van der Waals surface area contributed by atoms with Gasteiger partial charge >= 0.3 is 12.2 Å². The molecule has 0 radical (unpaired) electrons. The fourth-order valence-corrected chi connectivity index (χ4v) is 2.71. The number of carbonyl (C=O) groups is 1. The molecule has 2 rings (SSSR count). The fraction of sp³-hybridized carbons (Fsp3) is 0.385. The number of nitrogens with zero attached hydrogens (tertiary/aromatic N) is 5. The van der Waals surface area contributed by atoms with Gasteiger partial charge in [-0.05, 0) is 31.7 Å². The van der Waals surface area contributed by atoms with Gasteiger partial charge < -0.3 is 4.90 Å². The van der Waals surface area contributed by atoms with Crippen molar-refractivity contribution in [3.63, 3.8) is 0 Å². The van der Waals surface area contributed by atoms with Crippen molar-refractivity contribution in [3.8, 4) is 0 Å². The van der Waals surface area contributed by atoms with Gasteiger partial charge in [0, 0.05) is 19.3 Å². The molecule has 130 valence electrons. The van der Waals surface area contributed by atoms with Gasteiger partial charge in [-0.25, -0.2) is 14.8 Å². The molecule has 2 aromatic heterocycles. The molecule has 0 saturated heterocycles. The molecule has 0 N–H and O–H groups in total. The summed E-state index contributed by atoms with van der Waals surface area (Å²) in [6.45, 7) is 4.70. The van der Waals surface area contributed by atoms with Crippen LogP contribution in [0.5, 0.6) is 0 Å². The molecular weight excluding hydrogens is 367 g/mol. The Kier molecular flexibility index (Phi) is 5.70. The highest BCUT2D eigenvalue weighted by molar-refractivity contribution is 7.99. The van der Waals surface area contributed by atoms with E-state index >= 15 is 0 Å². The molecule has 0 aromatic carbocycles. The Balaban J connectivity index is 2.17. The molecule has 0 aliphatic carbocycles. The first-order valence-corrected chi connectivity index (χ1v) is 8.07. The van der Waals surface area contributed by atoms with Crippen LogP contribution in [0.25, 0.3) is 0 Å². The van der Waals surface area contributed by atoms with Crippen molar-refractivity contribution < 1.29 is 18.0 Å². The third-order valence-corrected chi connectivity index (χ3v) is 4.31. The molecule has 0 spiro atoms. The number of alkyl halides is 3. The predicted octanol–water partition coefficient (Wildman–Crippen LogP) is 3.81. The van der Waals surface area contributed by atoms with E-state index in [2.05, 4.69) is 15.1 Å². The van der Waals surface area contributed by atoms with Crippen molar-refractivity contribution in [1.29, 1.82) is 0 Å². The number of rotatable bonds is 4. The zero-order valence-corrected chi connectivity index (χ0v) is 14.3. The lowest BCUT2D eigenvalue weighted by Crippen LogP contribution is -2.34. The minimum absolute atomic E-state index is 0.123. The fourth-order valence-electron chi connectivity index (χ4n) is 1.77. The number of halogens is 4. The van der Waals surface area contributed by atoms with E-state index in [1.807, 2.05) is 13.8 Å². The quantitative estimate of drug-likeness (QED) is 0.808. The van der Waals surface area contributed by atoms with Gasteiger partial charge in [-0.3, -0.25) is 0 Å². The van der Waals surface area contributed by atoms with E-state index in [1.54, 1.807) is 4.90 Å². The van der Waals surface area contributed by atoms with Crippen LogP contribution in [0.4, 0.5) is 18.0 Å². The minimum atomic E-state index is -4.52. The topological polar surface area (TPSA) is 63.9 Å². The summed E-state index contributed by atoms with van der Waals surface area (Å²) in [6.07, 6.45) is -2.59. The van der Waals surface area contributed by atoms with Crippen LogP contribution in [0.3, 0.4) is 0 Å². The first kappa shape index (κ1) is 18.5. The lowest BCUT2D eigenvalue weighted by Gasteiger charge is -2.17. The third kappa shape index (κ3) is 4.18. The summed E-state index contributed by atoms with van der Waals surface area (Å²) in [7, 11) is 0. The first-order valence-electron chi connectivity index (χ1n) is 6.87. The first-order chi connectivity index (χ1) is 11.3. The third-order valence-electron chi connectivity index (χ3n) is 3.02. The van der Waals surface area contributed by atoms with Crippen molar-refractivity contribution in [2.45, 2.75) is 30.2 Å². The van der Waals surface area contributed by atoms with Crippen molar-refractivity contribution >= 4 is 29.4 Å². The van der Waals surface area contributed by atoms with E-state index in [-0.39, 0.29) is 21.2 Å². The van der Waals surface area contributed by atoms with Crippen LogP contribution in [-0.4, -0.2) is 43.8 Å². The highest BCUT2D eigenvalue weighted by Gasteiger charge is 2.31. The highest BCUT2D eigenvalue weighted by Crippen LogP contribution is 2.35. The Hall–Kier alpha value is -1.81. The van der Waals surface area contributed by atoms with E-state index in [0.29, 0.717) is 19.3 Å². The second kappa shape index (κ2) is 7.39. The molecule has 0 saturated carbocycles. The molecule has 0 bridgehead atoms. The van der Waals surface area contributed by atoms with Gasteiger partial charge in [0.2, 0.25) is 5.16 Å². The number of aromatic nitrogens is 4. The van der Waals surface area contributed by atoms with Crippen molar-refractivity contribution in [2.24, 2.45) is 0 Å². The van der Waals surface area contributed by atoms with E-state index in [9.17, 15) is 18.0 Å². The number of amides is 1. The molecule has 0 fully saturated rings. The summed E-state index contributed by atoms with van der Waals surface area (Å²) in [5.74, 6) is 0. The molecule has 0 atom stereocenters. The van der Waals surface area contributed by atoms with Crippen LogP contribution in [-0.2, 0) is 6.18 Å². The molecule has 0 unspecified atom stereocenters. The largest absolute Gasteiger partial charge is 0.417 e. The number of hydrogen-bond acceptors (Lipinski definition) is 5. The van der Waals surface area contributed by atoms with Gasteiger partial charge in [-0.2, -0.15) is 17.9 Å². The van der Waals surface area contributed by atoms with Crippen LogP contribution >= 0.6 is 23.4 Å². The molecule has 24 heavy (non-hydrogen) atoms. The van der Waals surface area contributed by atoms with Gasteiger partial charge in [0.05, 0.1) is 10.6 Å². The lowest BCUT2D eigenvalue weighted by atomic mass is 10.3. The van der Waals surface area contributed by atoms with Crippen LogP contribution in [0.15, 0.2) is 28.8 Å². The van der Waals surface area contributed by atoms with E-state index in [1.165, 1.54) is 6.33 Å². The van der Waals surface area contributed by atoms with Crippen LogP contribution < -0.4 is 0 Å². The van der Waals surface area contributed by atoms with Gasteiger partial charge in [0.25, 0.3) is 0 Å². The maximum Gasteiger partial charge on any atom is 0.417 e. The minimum Gasteiger partial charge on any atom is -0.323 e. The second-order valence-corrected chi connectivity index (χ2v) is 5.90. The molecule has 6 nitrogen and oxygen atoms in total. The SMILES string of the molecule is CCN(CC)C(=O)n1cnc(Sc2ncc(C(F)(F)F)cc2Cl)n1. The lowest BCUT2D eigenvalue weighted by molar-refractivity contribution is -0.137. The molecule has 2 aromatic rings. The average Bonchev–Trinajstić information content (AvgIpc) is 2.98. The Morgan fingerprint density at radius 3 is 2.54 bits per heavy atom. The highest BCUT2D eigenvalue weighted by atomic mass is 35.5. The average molecular weight is 380 g/mol. The summed E-state index contributed by atoms with van der Waals surface area (Å²) in [4.78, 5) is 21.3. The summed E-state index contributed by atoms with van der Waals surface area (Å²) in [5.41, 5.74) is -0.938. The Morgan fingerprint density at radius 1 is 1.33 bits per heavy atom. The summed E-state index contributed by atoms with van der Waals surface area (Å²) in [5, 5.41) is 4.11. The molecule has 0 aliphatic rings. The van der Waals surface area contributed by atoms with E-state index < -0.39 is 11.7 Å². The number of carbonyl (C=O) groups excluding carboxylic acids is 1. The van der Waals surface area contributed by atoms with Crippen LogP contribution in [0.1, 0.15) is 19.4 Å². The molecular formula is C13H13ClF3N5OS. The van der Waals surface area contributed by atoms with E-state index in [0.717, 1.165) is 22.5 Å². The van der Waals surface area contributed by atoms with Gasteiger partial charge in [-0.15, -0.1) is 5.10 Å². The standard InChI is InChI=1S/C13H13ClF3N5OS/c1-3-21(4-2)12(23)22-7-19-11(20-22)24-10-9(14)5-8(6-18-10)13(15,16)17/h5-7H,3-4H2,1-2H3.